The number of imide groups is 2. The Bertz CT molecular complexity index is 1430. The van der Waals surface area contributed by atoms with E-state index in [9.17, 15) is 19.2 Å². The van der Waals surface area contributed by atoms with Crippen LogP contribution in [-0.2, 0) is 32.0 Å². The van der Waals surface area contributed by atoms with Crippen LogP contribution < -0.4 is 9.80 Å². The van der Waals surface area contributed by atoms with Crippen molar-refractivity contribution in [1.82, 2.24) is 0 Å². The summed E-state index contributed by atoms with van der Waals surface area (Å²) in [4.78, 5) is 47.1. The Labute approximate surface area is 253 Å². The predicted octanol–water partition coefficient (Wildman–Crippen LogP) is 7.35. The minimum absolute atomic E-state index is 0. The molecule has 6 nitrogen and oxygen atoms in total. The standard InChI is InChI=1S/C16H18.2C10H7NO2.CH4/c1-3-13-5-9-15(10-6-13)16-11-7-14(4-2)8-12-16;2*12-9-6-7-10(13)11(9)8-4-2-1-3-5-8;/h5-12H,3-4H2,1-2H3;2*1-7H;1H4. The molecule has 4 aromatic rings. The van der Waals surface area contributed by atoms with Gasteiger partial charge in [0.2, 0.25) is 0 Å². The van der Waals surface area contributed by atoms with E-state index in [1.165, 1.54) is 46.6 Å². The first-order valence-corrected chi connectivity index (χ1v) is 13.8. The molecule has 0 atom stereocenters. The van der Waals surface area contributed by atoms with Crippen molar-refractivity contribution in [3.05, 3.63) is 145 Å². The van der Waals surface area contributed by atoms with Crippen molar-refractivity contribution >= 4 is 35.0 Å². The van der Waals surface area contributed by atoms with Crippen molar-refractivity contribution in [3.8, 4) is 11.1 Å². The second-order valence-corrected chi connectivity index (χ2v) is 9.46. The third-order valence-corrected chi connectivity index (χ3v) is 6.71. The average molecular weight is 573 g/mol. The zero-order valence-electron chi connectivity index (χ0n) is 23.6. The van der Waals surface area contributed by atoms with Gasteiger partial charge < -0.3 is 0 Å². The van der Waals surface area contributed by atoms with Crippen LogP contribution in [0.3, 0.4) is 0 Å². The molecule has 4 aromatic carbocycles. The van der Waals surface area contributed by atoms with Gasteiger partial charge in [0.15, 0.2) is 0 Å². The Kier molecular flexibility index (Phi) is 11.7. The first-order chi connectivity index (χ1) is 20.4. The highest BCUT2D eigenvalue weighted by atomic mass is 16.2. The molecule has 0 bridgehead atoms. The summed E-state index contributed by atoms with van der Waals surface area (Å²) in [6, 6.07) is 35.4. The molecule has 6 heteroatoms. The fourth-order valence-corrected chi connectivity index (χ4v) is 4.33. The van der Waals surface area contributed by atoms with Gasteiger partial charge in [0.25, 0.3) is 23.6 Å². The van der Waals surface area contributed by atoms with E-state index in [1.54, 1.807) is 48.5 Å². The van der Waals surface area contributed by atoms with Crippen LogP contribution >= 0.6 is 0 Å². The Morgan fingerprint density at radius 1 is 0.419 bits per heavy atom. The number of carbonyl (C=O) groups is 4. The molecular weight excluding hydrogens is 536 g/mol. The quantitative estimate of drug-likeness (QED) is 0.235. The zero-order valence-corrected chi connectivity index (χ0v) is 23.6. The number of carbonyl (C=O) groups excluding carboxylic acids is 4. The number of hydrogen-bond donors (Lipinski definition) is 0. The van der Waals surface area contributed by atoms with Gasteiger partial charge in [-0.15, -0.1) is 0 Å². The van der Waals surface area contributed by atoms with Crippen LogP contribution in [0, 0.1) is 0 Å². The summed E-state index contributed by atoms with van der Waals surface area (Å²) in [6.07, 6.45) is 7.30. The molecule has 6 rings (SSSR count). The molecule has 2 aliphatic heterocycles. The highest BCUT2D eigenvalue weighted by molar-refractivity contribution is 6.28. The van der Waals surface area contributed by atoms with Crippen LogP contribution in [0.5, 0.6) is 0 Å². The van der Waals surface area contributed by atoms with Crippen LogP contribution in [0.15, 0.2) is 133 Å². The predicted molar refractivity (Wildman–Crippen MR) is 174 cm³/mol. The lowest BCUT2D eigenvalue weighted by molar-refractivity contribution is -0.121. The largest absolute Gasteiger partial charge is 0.269 e. The Hall–Kier alpha value is -5.36. The second kappa shape index (κ2) is 15.6. The number of hydrogen-bond acceptors (Lipinski definition) is 4. The van der Waals surface area contributed by atoms with Crippen molar-refractivity contribution in [2.75, 3.05) is 9.80 Å². The summed E-state index contributed by atoms with van der Waals surface area (Å²) in [5.74, 6) is -1.13. The van der Waals surface area contributed by atoms with Crippen LogP contribution in [0.4, 0.5) is 11.4 Å². The topological polar surface area (TPSA) is 74.8 Å². The van der Waals surface area contributed by atoms with Crippen molar-refractivity contribution in [2.24, 2.45) is 0 Å². The van der Waals surface area contributed by atoms with Gasteiger partial charge in [0.1, 0.15) is 0 Å². The number of para-hydroxylation sites is 2. The molecular formula is C37H36N2O4. The number of rotatable bonds is 5. The Balaban J connectivity index is 0.000000176. The van der Waals surface area contributed by atoms with E-state index in [-0.39, 0.29) is 31.1 Å². The summed E-state index contributed by atoms with van der Waals surface area (Å²) in [5, 5.41) is 0. The van der Waals surface area contributed by atoms with Gasteiger partial charge in [-0.3, -0.25) is 19.2 Å². The number of aryl methyl sites for hydroxylation is 2. The molecule has 4 amide bonds. The van der Waals surface area contributed by atoms with Crippen LogP contribution in [0.25, 0.3) is 11.1 Å². The van der Waals surface area contributed by atoms with Gasteiger partial charge in [-0.25, -0.2) is 9.80 Å². The number of amides is 4. The van der Waals surface area contributed by atoms with E-state index in [0.717, 1.165) is 22.6 Å². The van der Waals surface area contributed by atoms with Crippen LogP contribution in [0.1, 0.15) is 32.4 Å². The molecule has 0 aromatic heterocycles. The number of benzene rings is 4. The van der Waals surface area contributed by atoms with Crippen molar-refractivity contribution in [1.29, 1.82) is 0 Å². The molecule has 0 unspecified atom stereocenters. The van der Waals surface area contributed by atoms with Crippen molar-refractivity contribution < 1.29 is 19.2 Å². The lowest BCUT2D eigenvalue weighted by atomic mass is 10.0. The smallest absolute Gasteiger partial charge is 0.258 e. The summed E-state index contributed by atoms with van der Waals surface area (Å²) in [6.45, 7) is 4.37. The molecule has 0 saturated carbocycles. The van der Waals surface area contributed by atoms with Crippen LogP contribution in [-0.4, -0.2) is 23.6 Å². The molecule has 0 radical (unpaired) electrons. The Morgan fingerprint density at radius 3 is 0.953 bits per heavy atom. The fraction of sp³-hybridized carbons (Fsp3) is 0.135. The van der Waals surface area contributed by atoms with Gasteiger partial charge in [0.05, 0.1) is 11.4 Å². The minimum atomic E-state index is -0.281. The normalized spacial score (nSPS) is 13.3. The third kappa shape index (κ3) is 8.33. The first kappa shape index (κ1) is 32.2. The Morgan fingerprint density at radius 2 is 0.698 bits per heavy atom. The molecule has 0 aliphatic carbocycles. The molecule has 218 valence electrons. The fourth-order valence-electron chi connectivity index (χ4n) is 4.33. The first-order valence-electron chi connectivity index (χ1n) is 13.8. The highest BCUT2D eigenvalue weighted by Crippen LogP contribution is 2.21. The minimum Gasteiger partial charge on any atom is -0.269 e. The van der Waals surface area contributed by atoms with E-state index in [4.69, 9.17) is 0 Å². The van der Waals surface area contributed by atoms with Gasteiger partial charge >= 0.3 is 0 Å². The van der Waals surface area contributed by atoms with E-state index in [2.05, 4.69) is 62.4 Å². The average Bonchev–Trinajstić information content (AvgIpc) is 3.57. The van der Waals surface area contributed by atoms with Crippen molar-refractivity contribution in [2.45, 2.75) is 34.1 Å². The molecule has 2 heterocycles. The number of nitrogens with zero attached hydrogens (tertiary/aromatic N) is 2. The molecule has 2 aliphatic rings. The highest BCUT2D eigenvalue weighted by Gasteiger charge is 2.25. The maximum atomic E-state index is 11.2. The van der Waals surface area contributed by atoms with Gasteiger partial charge in [-0.2, -0.15) is 0 Å². The third-order valence-electron chi connectivity index (χ3n) is 6.71. The molecule has 0 saturated heterocycles. The van der Waals surface area contributed by atoms with E-state index in [0.29, 0.717) is 11.4 Å². The monoisotopic (exact) mass is 572 g/mol. The summed E-state index contributed by atoms with van der Waals surface area (Å²) in [7, 11) is 0. The van der Waals surface area contributed by atoms with Gasteiger partial charge in [-0.05, 0) is 59.4 Å². The van der Waals surface area contributed by atoms with Crippen LogP contribution in [0.2, 0.25) is 0 Å². The molecule has 43 heavy (non-hydrogen) atoms. The SMILES string of the molecule is C.CCc1ccc(-c2ccc(CC)cc2)cc1.O=C1C=CC(=O)N1c1ccccc1.O=C1C=CC(=O)N1c1ccccc1. The second-order valence-electron chi connectivity index (χ2n) is 9.46. The van der Waals surface area contributed by atoms with E-state index < -0.39 is 0 Å². The maximum Gasteiger partial charge on any atom is 0.258 e. The van der Waals surface area contributed by atoms with Gasteiger partial charge in [-0.1, -0.05) is 106 Å². The summed E-state index contributed by atoms with van der Waals surface area (Å²) >= 11 is 0. The summed E-state index contributed by atoms with van der Waals surface area (Å²) < 4.78 is 0. The lowest BCUT2D eigenvalue weighted by Crippen LogP contribution is -2.29. The van der Waals surface area contributed by atoms with Crippen molar-refractivity contribution in [3.63, 3.8) is 0 Å². The molecule has 0 N–H and O–H groups in total. The molecule has 0 fully saturated rings. The number of anilines is 2. The zero-order chi connectivity index (χ0) is 29.9. The van der Waals surface area contributed by atoms with E-state index >= 15 is 0 Å². The van der Waals surface area contributed by atoms with Gasteiger partial charge in [0, 0.05) is 24.3 Å². The maximum absolute atomic E-state index is 11.2. The summed E-state index contributed by atoms with van der Waals surface area (Å²) in [5.41, 5.74) is 6.63. The lowest BCUT2D eigenvalue weighted by Gasteiger charge is -2.12. The van der Waals surface area contributed by atoms with E-state index in [1.807, 2.05) is 12.1 Å². The molecule has 0 spiro atoms.